The zero-order valence-corrected chi connectivity index (χ0v) is 62.1. The van der Waals surface area contributed by atoms with Crippen LogP contribution >= 0.6 is 0 Å². The van der Waals surface area contributed by atoms with Crippen molar-refractivity contribution in [2.45, 2.75) is 311 Å². The van der Waals surface area contributed by atoms with Crippen LogP contribution in [-0.4, -0.2) is 488 Å². The second-order valence-corrected chi connectivity index (χ2v) is 28.9. The third-order valence-corrected chi connectivity index (χ3v) is 20.8. The van der Waals surface area contributed by atoms with Crippen molar-refractivity contribution in [3.05, 3.63) is 0 Å². The highest BCUT2D eigenvalue weighted by Gasteiger charge is 2.62. The largest absolute Gasteiger partial charge is 0.394 e. The number of ether oxygens (including phenoxy) is 17. The number of aliphatic hydroxyl groups excluding tert-OH is 24. The Labute approximate surface area is 651 Å². The van der Waals surface area contributed by atoms with Crippen LogP contribution in [0, 0.1) is 0 Å². The standard InChI is InChI=1S/C64H107N5O46/c1-15(78)65-29-41(90)49(25(11-75)100-56(29)98)109-59-32(68-18(4)81)42(91)51(27(13-77)106-59)111-62-48(97)53(113-64-55(46(95)38(87)24(10-74)105-64)115-58-31(67-17(3)80)40(89)35(84)21(7-71)102-58)52(112-57-30(66-16(2)79)39(88)34(83)20(6-70)101-57)28(108-62)14-99-63-54(45(94)37(86)23(9-73)104-63)114-60-33(69-19(5)82)43(92)50(26(12-76)107-60)110-61-47(96)44(93)36(85)22(8-72)103-61/h20-64,70-77,83-98H,6-14H2,1-5H3,(H,65,78)(H,66,79)(H,67,80)(H,68,81)(H,69,82)/t20-,21-,22-,23-,24-,25-,26-,27-,28-,29-,30-,31-,32-,33-,34-,35-,36+,37-,38-,39-,40-,41-,42-,43-,44+,45+,46+,47-,48+,49-,50-,51-,52-,53-,54+,55+,56?,57?,58?,59?,60?,61?,62?,63?,64?/m1/s1. The summed E-state index contributed by atoms with van der Waals surface area (Å²) in [5.41, 5.74) is 0. The maximum absolute atomic E-state index is 13.2. The van der Waals surface area contributed by atoms with E-state index in [0.29, 0.717) is 0 Å². The van der Waals surface area contributed by atoms with Gasteiger partial charge in [0.05, 0.1) is 59.5 Å². The Balaban J connectivity index is 1.16. The number of hydrogen-bond acceptors (Lipinski definition) is 46. The first-order chi connectivity index (χ1) is 54.4. The van der Waals surface area contributed by atoms with E-state index in [1.54, 1.807) is 0 Å². The summed E-state index contributed by atoms with van der Waals surface area (Å²) in [6.07, 6.45) is -85.6. The molecule has 0 aromatic carbocycles. The molecule has 0 bridgehead atoms. The Kier molecular flexibility index (Phi) is 34.1. The zero-order valence-electron chi connectivity index (χ0n) is 62.1. The van der Waals surface area contributed by atoms with E-state index >= 15 is 0 Å². The van der Waals surface area contributed by atoms with Crippen LogP contribution in [0.4, 0.5) is 0 Å². The van der Waals surface area contributed by atoms with Gasteiger partial charge < -0.3 is 230 Å². The van der Waals surface area contributed by atoms with Gasteiger partial charge in [-0.25, -0.2) is 0 Å². The molecule has 9 heterocycles. The quantitative estimate of drug-likeness (QED) is 0.0318. The molecule has 0 aromatic heterocycles. The molecular formula is C64H107N5O46. The van der Waals surface area contributed by atoms with Crippen LogP contribution in [0.5, 0.6) is 0 Å². The molecule has 9 aliphatic heterocycles. The summed E-state index contributed by atoms with van der Waals surface area (Å²) >= 11 is 0. The average molecular weight is 1680 g/mol. The van der Waals surface area contributed by atoms with Gasteiger partial charge in [0.2, 0.25) is 29.5 Å². The van der Waals surface area contributed by atoms with Gasteiger partial charge in [-0.15, -0.1) is 0 Å². The number of hydrogen-bond donors (Lipinski definition) is 29. The molecule has 664 valence electrons. The lowest BCUT2D eigenvalue weighted by molar-refractivity contribution is -0.407. The number of aliphatic hydroxyl groups is 24. The fourth-order valence-corrected chi connectivity index (χ4v) is 14.9. The maximum Gasteiger partial charge on any atom is 0.217 e. The van der Waals surface area contributed by atoms with Gasteiger partial charge in [0.1, 0.15) is 219 Å². The lowest BCUT2D eigenvalue weighted by atomic mass is 9.93. The Morgan fingerprint density at radius 3 is 0.861 bits per heavy atom. The van der Waals surface area contributed by atoms with E-state index in [9.17, 15) is 147 Å². The van der Waals surface area contributed by atoms with Gasteiger partial charge in [-0.1, -0.05) is 0 Å². The Hall–Kier alpha value is -4.29. The van der Waals surface area contributed by atoms with E-state index in [1.165, 1.54) is 0 Å². The van der Waals surface area contributed by atoms with Gasteiger partial charge in [-0.3, -0.25) is 24.0 Å². The van der Waals surface area contributed by atoms with Crippen LogP contribution in [0.2, 0.25) is 0 Å². The normalized spacial score (nSPS) is 47.9. The molecule has 0 aromatic rings. The van der Waals surface area contributed by atoms with Crippen LogP contribution in [0.15, 0.2) is 0 Å². The first-order valence-electron chi connectivity index (χ1n) is 36.6. The minimum Gasteiger partial charge on any atom is -0.394 e. The summed E-state index contributed by atoms with van der Waals surface area (Å²) < 4.78 is 103. The molecule has 9 aliphatic rings. The average Bonchev–Trinajstić information content (AvgIpc) is 0.760. The van der Waals surface area contributed by atoms with Gasteiger partial charge in [0, 0.05) is 34.6 Å². The third-order valence-electron chi connectivity index (χ3n) is 20.8. The van der Waals surface area contributed by atoms with Crippen molar-refractivity contribution in [2.75, 3.05) is 59.5 Å². The molecule has 5 amide bonds. The number of carbonyl (C=O) groups excluding carboxylic acids is 5. The van der Waals surface area contributed by atoms with Gasteiger partial charge in [-0.05, 0) is 0 Å². The number of nitrogens with one attached hydrogen (secondary N) is 5. The topological polar surface area (TPSA) is 788 Å². The highest BCUT2D eigenvalue weighted by atomic mass is 16.8. The maximum atomic E-state index is 13.2. The predicted octanol–water partition coefficient (Wildman–Crippen LogP) is -19.9. The molecule has 115 heavy (non-hydrogen) atoms. The van der Waals surface area contributed by atoms with Crippen molar-refractivity contribution in [1.29, 1.82) is 0 Å². The van der Waals surface area contributed by atoms with Crippen LogP contribution in [0.3, 0.4) is 0 Å². The minimum atomic E-state index is -2.70. The Morgan fingerprint density at radius 1 is 0.226 bits per heavy atom. The summed E-state index contributed by atoms with van der Waals surface area (Å²) in [4.78, 5) is 64.1. The van der Waals surface area contributed by atoms with E-state index in [2.05, 4.69) is 26.6 Å². The number of rotatable bonds is 30. The highest BCUT2D eigenvalue weighted by Crippen LogP contribution is 2.41. The molecule has 9 unspecified atom stereocenters. The molecular weight excluding hydrogens is 1570 g/mol. The fourth-order valence-electron chi connectivity index (χ4n) is 14.9. The molecule has 0 spiro atoms. The van der Waals surface area contributed by atoms with Crippen LogP contribution in [-0.2, 0) is 104 Å². The van der Waals surface area contributed by atoms with Crippen molar-refractivity contribution < 1.29 is 227 Å². The molecule has 0 aliphatic carbocycles. The van der Waals surface area contributed by atoms with E-state index in [-0.39, 0.29) is 0 Å². The summed E-state index contributed by atoms with van der Waals surface area (Å²) in [5, 5.41) is 281. The highest BCUT2D eigenvalue weighted by molar-refractivity contribution is 5.75. The van der Waals surface area contributed by atoms with Crippen LogP contribution in [0.25, 0.3) is 0 Å². The molecule has 29 N–H and O–H groups in total. The predicted molar refractivity (Wildman–Crippen MR) is 355 cm³/mol. The SMILES string of the molecule is CC(=O)N[C@H]1C(O[C@H]2[C@H](OC3O[C@H](CO)[C@@H](O)[C@H](O)[C@@H]3OC3O[C@H](CO)[C@@H](O)[C@H](O)[C@H]3NC(C)=O)[C@H](O)C(O[C@H]3[C@H](O)[C@@H](NC(C)=O)C(O[C@H]4[C@H](O)[C@@H](NC(C)=O)C(O)O[C@@H]4CO)O[C@@H]3CO)O[C@@H]2COC2O[C@H](CO)[C@@H](O)[C@H](O)[C@@H]2OC2O[C@H](CO)[C@@H](OC3O[C@H](CO)[C@H](O)[C@H](O)[C@H]3O)[C@H](O)[C@H]2NC(C)=O)O[C@H](CO)[C@@H](O)[C@@H]1O. The molecule has 9 rings (SSSR count). The first kappa shape index (κ1) is 94.6. The molecule has 45 atom stereocenters. The van der Waals surface area contributed by atoms with Gasteiger partial charge >= 0.3 is 0 Å². The van der Waals surface area contributed by atoms with E-state index in [4.69, 9.17) is 80.5 Å². The Bertz CT molecular complexity index is 3100. The second-order valence-electron chi connectivity index (χ2n) is 28.9. The van der Waals surface area contributed by atoms with Crippen molar-refractivity contribution in [3.8, 4) is 0 Å². The molecule has 0 saturated carbocycles. The summed E-state index contributed by atoms with van der Waals surface area (Å²) in [7, 11) is 0. The van der Waals surface area contributed by atoms with Crippen molar-refractivity contribution in [1.82, 2.24) is 26.6 Å². The van der Waals surface area contributed by atoms with Gasteiger partial charge in [0.15, 0.2) is 56.6 Å². The third kappa shape index (κ3) is 21.3. The van der Waals surface area contributed by atoms with Crippen LogP contribution in [0.1, 0.15) is 34.6 Å². The lowest BCUT2D eigenvalue weighted by Crippen LogP contribution is -2.71. The van der Waals surface area contributed by atoms with Crippen molar-refractivity contribution in [2.24, 2.45) is 0 Å². The smallest absolute Gasteiger partial charge is 0.217 e. The monoisotopic (exact) mass is 1680 g/mol. The molecule has 9 saturated heterocycles. The molecule has 51 nitrogen and oxygen atoms in total. The zero-order chi connectivity index (χ0) is 84.8. The Morgan fingerprint density at radius 2 is 0.478 bits per heavy atom. The summed E-state index contributed by atoms with van der Waals surface area (Å²) in [6, 6.07) is -9.48. The number of carbonyl (C=O) groups is 5. The molecule has 51 heteroatoms. The van der Waals surface area contributed by atoms with Crippen LogP contribution < -0.4 is 26.6 Å². The molecule has 0 radical (unpaired) electrons. The first-order valence-corrected chi connectivity index (χ1v) is 36.6. The summed E-state index contributed by atoms with van der Waals surface area (Å²) in [6.45, 7) is -5.56. The van der Waals surface area contributed by atoms with Crippen molar-refractivity contribution >= 4 is 29.5 Å². The second kappa shape index (κ2) is 41.5. The van der Waals surface area contributed by atoms with Crippen molar-refractivity contribution in [3.63, 3.8) is 0 Å². The lowest BCUT2D eigenvalue weighted by Gasteiger charge is -2.52. The van der Waals surface area contributed by atoms with E-state index < -0.39 is 365 Å². The van der Waals surface area contributed by atoms with E-state index in [1.807, 2.05) is 0 Å². The molecule has 9 fully saturated rings. The van der Waals surface area contributed by atoms with E-state index in [0.717, 1.165) is 34.6 Å². The van der Waals surface area contributed by atoms with Gasteiger partial charge in [-0.2, -0.15) is 0 Å². The fraction of sp³-hybridized carbons (Fsp3) is 0.922. The summed E-state index contributed by atoms with van der Waals surface area (Å²) in [5.74, 6) is -4.63. The number of amides is 5. The minimum absolute atomic E-state index is 0.805. The van der Waals surface area contributed by atoms with Gasteiger partial charge in [0.25, 0.3) is 0 Å².